The molecule has 6 aromatic rings. The summed E-state index contributed by atoms with van der Waals surface area (Å²) >= 11 is 0. The molecule has 13 heteroatoms. The topological polar surface area (TPSA) is 131 Å². The lowest BCUT2D eigenvalue weighted by molar-refractivity contribution is 0.0305. The molecule has 234 valence electrons. The third-order valence-corrected chi connectivity index (χ3v) is 10.0. The van der Waals surface area contributed by atoms with Gasteiger partial charge in [0.25, 0.3) is 0 Å². The van der Waals surface area contributed by atoms with E-state index in [-0.39, 0.29) is 12.2 Å². The molecule has 2 fully saturated rings. The van der Waals surface area contributed by atoms with E-state index in [0.29, 0.717) is 23.2 Å². The minimum absolute atomic E-state index is 0.253. The molecule has 2 saturated heterocycles. The van der Waals surface area contributed by atoms with Crippen molar-refractivity contribution >= 4 is 64.1 Å². The maximum absolute atomic E-state index is 6.15. The molecule has 0 radical (unpaired) electrons. The molecule has 2 atom stereocenters. The summed E-state index contributed by atoms with van der Waals surface area (Å²) in [7, 11) is 3.12. The summed E-state index contributed by atoms with van der Waals surface area (Å²) in [5, 5.41) is 13.6. The minimum atomic E-state index is -0.500. The van der Waals surface area contributed by atoms with E-state index in [9.17, 15) is 0 Å². The summed E-state index contributed by atoms with van der Waals surface area (Å²) in [5.41, 5.74) is 7.38. The highest BCUT2D eigenvalue weighted by Gasteiger charge is 2.35. The Morgan fingerprint density at radius 3 is 2.59 bits per heavy atom. The SMILES string of the molecule is COc1cc(N2C[C@H]3CC[C@@H](C2)O3)c(-c2cnn(C)c2)cc1Nc1nc(Nc2ccc3nccnc3c2P(C)C)c2cc[nH]c2n1. The summed E-state index contributed by atoms with van der Waals surface area (Å²) in [6.45, 7) is 6.14. The fourth-order valence-electron chi connectivity index (χ4n) is 6.62. The third kappa shape index (κ3) is 5.17. The van der Waals surface area contributed by atoms with Crippen molar-refractivity contribution in [3.8, 4) is 16.9 Å². The van der Waals surface area contributed by atoms with E-state index in [0.717, 1.165) is 75.8 Å². The first-order valence-corrected chi connectivity index (χ1v) is 17.6. The van der Waals surface area contributed by atoms with Crippen LogP contribution in [0.3, 0.4) is 0 Å². The number of hydrogen-bond donors (Lipinski definition) is 3. The number of H-pyrrole nitrogens is 1. The molecule has 0 saturated carbocycles. The average Bonchev–Trinajstić information content (AvgIpc) is 3.80. The van der Waals surface area contributed by atoms with Crippen molar-refractivity contribution in [3.63, 3.8) is 0 Å². The van der Waals surface area contributed by atoms with Gasteiger partial charge in [-0.05, 0) is 50.4 Å². The highest BCUT2D eigenvalue weighted by atomic mass is 31.1. The Balaban J connectivity index is 1.20. The lowest BCUT2D eigenvalue weighted by Gasteiger charge is -2.35. The summed E-state index contributed by atoms with van der Waals surface area (Å²) in [6, 6.07) is 10.2. The first kappa shape index (κ1) is 28.7. The van der Waals surface area contributed by atoms with Gasteiger partial charge in [-0.15, -0.1) is 0 Å². The molecular weight excluding hydrogens is 599 g/mol. The van der Waals surface area contributed by atoms with Crippen molar-refractivity contribution in [3.05, 3.63) is 61.3 Å². The van der Waals surface area contributed by atoms with Crippen molar-refractivity contribution in [1.29, 1.82) is 0 Å². The van der Waals surface area contributed by atoms with E-state index in [1.165, 1.54) is 0 Å². The molecule has 8 rings (SSSR count). The smallest absolute Gasteiger partial charge is 0.231 e. The van der Waals surface area contributed by atoms with Crippen LogP contribution in [-0.4, -0.2) is 80.4 Å². The second-order valence-electron chi connectivity index (χ2n) is 12.0. The van der Waals surface area contributed by atoms with Gasteiger partial charge >= 0.3 is 0 Å². The van der Waals surface area contributed by atoms with Crippen molar-refractivity contribution in [2.24, 2.45) is 7.05 Å². The Kier molecular flexibility index (Phi) is 7.18. The van der Waals surface area contributed by atoms with Crippen molar-refractivity contribution < 1.29 is 9.47 Å². The number of nitrogens with zero attached hydrogens (tertiary/aromatic N) is 7. The van der Waals surface area contributed by atoms with Gasteiger partial charge in [0.1, 0.15) is 17.2 Å². The van der Waals surface area contributed by atoms with Crippen LogP contribution in [0.5, 0.6) is 5.75 Å². The predicted molar refractivity (Wildman–Crippen MR) is 184 cm³/mol. The summed E-state index contributed by atoms with van der Waals surface area (Å²) in [6.07, 6.45) is 12.0. The highest BCUT2D eigenvalue weighted by Crippen LogP contribution is 2.43. The molecule has 6 heterocycles. The number of aryl methyl sites for hydroxylation is 1. The van der Waals surface area contributed by atoms with E-state index in [2.05, 4.69) is 67.1 Å². The summed E-state index contributed by atoms with van der Waals surface area (Å²) in [5.74, 6) is 1.81. The quantitative estimate of drug-likeness (QED) is 0.184. The first-order valence-electron chi connectivity index (χ1n) is 15.3. The molecule has 0 unspecified atom stereocenters. The maximum atomic E-state index is 6.15. The molecule has 2 aliphatic heterocycles. The van der Waals surface area contributed by atoms with E-state index in [1.54, 1.807) is 19.5 Å². The van der Waals surface area contributed by atoms with Crippen LogP contribution in [0, 0.1) is 0 Å². The van der Waals surface area contributed by atoms with Crippen LogP contribution in [0.1, 0.15) is 12.8 Å². The lowest BCUT2D eigenvalue weighted by Crippen LogP contribution is -2.42. The number of methoxy groups -OCH3 is 1. The fraction of sp³-hybridized carbons (Fsp3) is 0.303. The Morgan fingerprint density at radius 2 is 1.83 bits per heavy atom. The Hall–Kier alpha value is -4.80. The zero-order valence-electron chi connectivity index (χ0n) is 26.2. The van der Waals surface area contributed by atoms with Crippen LogP contribution in [0.15, 0.2) is 61.3 Å². The second kappa shape index (κ2) is 11.5. The molecule has 2 bridgehead atoms. The minimum Gasteiger partial charge on any atom is -0.494 e. The van der Waals surface area contributed by atoms with Gasteiger partial charge in [-0.25, -0.2) is 0 Å². The number of benzene rings is 2. The van der Waals surface area contributed by atoms with Crippen LogP contribution in [0.4, 0.5) is 28.8 Å². The molecular formula is C33H35N10O2P. The molecule has 2 aromatic carbocycles. The summed E-state index contributed by atoms with van der Waals surface area (Å²) < 4.78 is 13.9. The molecule has 2 aliphatic rings. The first-order chi connectivity index (χ1) is 22.4. The number of nitrogens with one attached hydrogen (secondary N) is 3. The third-order valence-electron chi connectivity index (χ3n) is 8.69. The van der Waals surface area contributed by atoms with Gasteiger partial charge in [0, 0.05) is 78.8 Å². The number of hydrogen-bond acceptors (Lipinski definition) is 10. The zero-order chi connectivity index (χ0) is 31.4. The largest absolute Gasteiger partial charge is 0.494 e. The molecule has 46 heavy (non-hydrogen) atoms. The van der Waals surface area contributed by atoms with E-state index in [4.69, 9.17) is 19.4 Å². The fourth-order valence-corrected chi connectivity index (χ4v) is 7.82. The van der Waals surface area contributed by atoms with Gasteiger partial charge in [0.15, 0.2) is 0 Å². The van der Waals surface area contributed by atoms with Crippen LogP contribution in [-0.2, 0) is 11.8 Å². The number of aromatic nitrogens is 7. The number of anilines is 5. The van der Waals surface area contributed by atoms with Gasteiger partial charge in [-0.1, -0.05) is 7.92 Å². The standard InChI is InChI=1S/C33H35N10O2P/c1-42-16-19(15-37-42)23-13-26(28(44-2)14-27(23)43-17-20-5-6-21(18-43)45-20)39-33-40-31-22(9-10-36-31)32(41-33)38-25-8-7-24-29(30(25)46(3)4)35-12-11-34-24/h7-16,20-21H,5-6,17-18H2,1-4H3,(H3,36,38,39,40,41)/t20-,21+. The predicted octanol–water partition coefficient (Wildman–Crippen LogP) is 5.53. The number of rotatable bonds is 8. The second-order valence-corrected chi connectivity index (χ2v) is 14.2. The van der Waals surface area contributed by atoms with Gasteiger partial charge < -0.3 is 30.0 Å². The van der Waals surface area contributed by atoms with Gasteiger partial charge in [-0.3, -0.25) is 14.6 Å². The van der Waals surface area contributed by atoms with Gasteiger partial charge in [0.2, 0.25) is 5.95 Å². The van der Waals surface area contributed by atoms with Crippen LogP contribution in [0.2, 0.25) is 0 Å². The number of morpholine rings is 1. The van der Waals surface area contributed by atoms with Crippen LogP contribution >= 0.6 is 7.92 Å². The molecule has 0 spiro atoms. The lowest BCUT2D eigenvalue weighted by atomic mass is 10.0. The molecule has 12 nitrogen and oxygen atoms in total. The van der Waals surface area contributed by atoms with Gasteiger partial charge in [-0.2, -0.15) is 15.1 Å². The van der Waals surface area contributed by atoms with Crippen molar-refractivity contribution in [2.75, 3.05) is 49.1 Å². The zero-order valence-corrected chi connectivity index (χ0v) is 27.0. The van der Waals surface area contributed by atoms with Crippen molar-refractivity contribution in [1.82, 2.24) is 34.7 Å². The molecule has 3 N–H and O–H groups in total. The Labute approximate surface area is 267 Å². The molecule has 0 aliphatic carbocycles. The van der Waals surface area contributed by atoms with Crippen LogP contribution < -0.4 is 25.6 Å². The Morgan fingerprint density at radius 1 is 1.00 bits per heavy atom. The van der Waals surface area contributed by atoms with Crippen LogP contribution in [0.25, 0.3) is 33.2 Å². The molecule has 0 amide bonds. The van der Waals surface area contributed by atoms with E-state index in [1.807, 2.05) is 42.5 Å². The highest BCUT2D eigenvalue weighted by molar-refractivity contribution is 7.65. The molecule has 4 aromatic heterocycles. The van der Waals surface area contributed by atoms with E-state index >= 15 is 0 Å². The maximum Gasteiger partial charge on any atom is 0.231 e. The summed E-state index contributed by atoms with van der Waals surface area (Å²) in [4.78, 5) is 24.7. The normalized spacial score (nSPS) is 17.7. The average molecular weight is 635 g/mol. The Bertz CT molecular complexity index is 2060. The number of fused-ring (bicyclic) bond motifs is 4. The number of ether oxygens (including phenoxy) is 2. The van der Waals surface area contributed by atoms with Gasteiger partial charge in [0.05, 0.1) is 47.6 Å². The van der Waals surface area contributed by atoms with E-state index < -0.39 is 7.92 Å². The van der Waals surface area contributed by atoms with Crippen molar-refractivity contribution in [2.45, 2.75) is 25.0 Å². The number of aromatic amines is 1. The monoisotopic (exact) mass is 634 g/mol.